The van der Waals surface area contributed by atoms with Gasteiger partial charge in [0.15, 0.2) is 9.84 Å². The minimum atomic E-state index is -3.00. The van der Waals surface area contributed by atoms with Gasteiger partial charge < -0.3 is 5.32 Å². The van der Waals surface area contributed by atoms with E-state index in [0.29, 0.717) is 17.8 Å². The number of rotatable bonds is 3. The summed E-state index contributed by atoms with van der Waals surface area (Å²) in [6, 6.07) is 10.9. The van der Waals surface area contributed by atoms with Crippen LogP contribution in [-0.2, 0) is 9.84 Å². The zero-order valence-electron chi connectivity index (χ0n) is 11.2. The summed E-state index contributed by atoms with van der Waals surface area (Å²) in [5.74, 6) is -0.180. The summed E-state index contributed by atoms with van der Waals surface area (Å²) in [4.78, 5) is 12.1. The second-order valence-electron chi connectivity index (χ2n) is 5.11. The van der Waals surface area contributed by atoms with Crippen molar-refractivity contribution < 1.29 is 13.2 Å². The highest BCUT2D eigenvalue weighted by Gasteiger charge is 2.29. The van der Waals surface area contributed by atoms with Gasteiger partial charge in [0.2, 0.25) is 0 Å². The quantitative estimate of drug-likeness (QED) is 0.884. The Hall–Kier alpha value is -2.15. The molecule has 3 rings (SSSR count). The second-order valence-corrected chi connectivity index (χ2v) is 7.34. The maximum absolute atomic E-state index is 12.1. The molecule has 21 heavy (non-hydrogen) atoms. The number of carbonyl (C=O) groups excluding carboxylic acids is 1. The molecule has 0 unspecified atom stereocenters. The summed E-state index contributed by atoms with van der Waals surface area (Å²) in [6.45, 7) is 0. The summed E-state index contributed by atoms with van der Waals surface area (Å²) in [7, 11) is -3.00. The lowest BCUT2D eigenvalue weighted by Gasteiger charge is -2.08. The van der Waals surface area contributed by atoms with E-state index >= 15 is 0 Å². The Labute approximate surface area is 122 Å². The van der Waals surface area contributed by atoms with Crippen molar-refractivity contribution in [2.24, 2.45) is 0 Å². The molecule has 6 nitrogen and oxygen atoms in total. The van der Waals surface area contributed by atoms with Crippen molar-refractivity contribution in [2.75, 3.05) is 11.5 Å². The molecular weight excluding hydrogens is 290 g/mol. The third kappa shape index (κ3) is 3.13. The summed E-state index contributed by atoms with van der Waals surface area (Å²) in [5, 5.41) is 9.52. The average molecular weight is 305 g/mol. The highest BCUT2D eigenvalue weighted by molar-refractivity contribution is 7.91. The predicted octanol–water partition coefficient (Wildman–Crippen LogP) is 0.994. The number of nitrogens with zero attached hydrogens (tertiary/aromatic N) is 1. The SMILES string of the molecule is O=C(N[C@@H]1CCS(=O)(=O)C1)c1cc(-c2ccccc2)n[nH]1. The Morgan fingerprint density at radius 2 is 2.05 bits per heavy atom. The fraction of sp³-hybridized carbons (Fsp3) is 0.286. The highest BCUT2D eigenvalue weighted by atomic mass is 32.2. The van der Waals surface area contributed by atoms with Gasteiger partial charge in [-0.1, -0.05) is 30.3 Å². The molecule has 1 fully saturated rings. The predicted molar refractivity (Wildman–Crippen MR) is 78.5 cm³/mol. The van der Waals surface area contributed by atoms with Crippen LogP contribution in [0.2, 0.25) is 0 Å². The fourth-order valence-corrected chi connectivity index (χ4v) is 4.04. The molecular formula is C14H15N3O3S. The minimum absolute atomic E-state index is 0.0123. The Kier molecular flexibility index (Phi) is 3.50. The molecule has 1 atom stereocenters. The molecule has 2 N–H and O–H groups in total. The van der Waals surface area contributed by atoms with Crippen LogP contribution in [0.15, 0.2) is 36.4 Å². The molecule has 1 aromatic carbocycles. The molecule has 1 aromatic heterocycles. The lowest BCUT2D eigenvalue weighted by atomic mass is 10.1. The van der Waals surface area contributed by atoms with Crippen molar-refractivity contribution in [3.63, 3.8) is 0 Å². The van der Waals surface area contributed by atoms with E-state index in [4.69, 9.17) is 0 Å². The van der Waals surface area contributed by atoms with Crippen molar-refractivity contribution in [1.82, 2.24) is 15.5 Å². The van der Waals surface area contributed by atoms with Crippen molar-refractivity contribution >= 4 is 15.7 Å². The number of aromatic amines is 1. The average Bonchev–Trinajstić information content (AvgIpc) is 3.07. The number of nitrogens with one attached hydrogen (secondary N) is 2. The molecule has 2 heterocycles. The number of hydrogen-bond donors (Lipinski definition) is 2. The van der Waals surface area contributed by atoms with Crippen LogP contribution in [-0.4, -0.2) is 42.1 Å². The molecule has 1 amide bonds. The van der Waals surface area contributed by atoms with Crippen LogP contribution in [0, 0.1) is 0 Å². The van der Waals surface area contributed by atoms with E-state index in [1.165, 1.54) is 0 Å². The number of sulfone groups is 1. The van der Waals surface area contributed by atoms with Crippen molar-refractivity contribution in [3.05, 3.63) is 42.1 Å². The lowest BCUT2D eigenvalue weighted by Crippen LogP contribution is -2.35. The molecule has 1 aliphatic heterocycles. The molecule has 110 valence electrons. The van der Waals surface area contributed by atoms with Gasteiger partial charge >= 0.3 is 0 Å². The molecule has 0 spiro atoms. The number of benzene rings is 1. The van der Waals surface area contributed by atoms with Gasteiger partial charge in [0.1, 0.15) is 5.69 Å². The third-order valence-electron chi connectivity index (χ3n) is 3.46. The number of aromatic nitrogens is 2. The Morgan fingerprint density at radius 3 is 2.71 bits per heavy atom. The first-order valence-corrected chi connectivity index (χ1v) is 8.48. The molecule has 7 heteroatoms. The van der Waals surface area contributed by atoms with Crippen LogP contribution >= 0.6 is 0 Å². The first-order chi connectivity index (χ1) is 10.0. The van der Waals surface area contributed by atoms with Crippen LogP contribution in [0.5, 0.6) is 0 Å². The van der Waals surface area contributed by atoms with Crippen LogP contribution < -0.4 is 5.32 Å². The van der Waals surface area contributed by atoms with Crippen LogP contribution in [0.4, 0.5) is 0 Å². The largest absolute Gasteiger partial charge is 0.347 e. The zero-order valence-corrected chi connectivity index (χ0v) is 12.1. The van der Waals surface area contributed by atoms with E-state index < -0.39 is 9.84 Å². The van der Waals surface area contributed by atoms with Gasteiger partial charge in [-0.3, -0.25) is 9.89 Å². The summed E-state index contributed by atoms with van der Waals surface area (Å²) in [5.41, 5.74) is 1.93. The molecule has 0 bridgehead atoms. The summed E-state index contributed by atoms with van der Waals surface area (Å²) in [6.07, 6.45) is 0.466. The highest BCUT2D eigenvalue weighted by Crippen LogP contribution is 2.17. The van der Waals surface area contributed by atoms with E-state index in [1.807, 2.05) is 30.3 Å². The molecule has 1 aliphatic rings. The van der Waals surface area contributed by atoms with Crippen LogP contribution in [0.25, 0.3) is 11.3 Å². The maximum Gasteiger partial charge on any atom is 0.269 e. The van der Waals surface area contributed by atoms with Gasteiger partial charge in [-0.05, 0) is 12.5 Å². The standard InChI is InChI=1S/C14H15N3O3S/c18-14(15-11-6-7-21(19,20)9-11)13-8-12(16-17-13)10-4-2-1-3-5-10/h1-5,8,11H,6-7,9H2,(H,15,18)(H,16,17)/t11-/m1/s1. The van der Waals surface area contributed by atoms with Gasteiger partial charge in [0.05, 0.1) is 17.2 Å². The monoisotopic (exact) mass is 305 g/mol. The Balaban J connectivity index is 1.70. The van der Waals surface area contributed by atoms with Crippen molar-refractivity contribution in [3.8, 4) is 11.3 Å². The van der Waals surface area contributed by atoms with Gasteiger partial charge in [-0.15, -0.1) is 0 Å². The summed E-state index contributed by atoms with van der Waals surface area (Å²) >= 11 is 0. The Bertz CT molecular complexity index is 753. The van der Waals surface area contributed by atoms with E-state index in [2.05, 4.69) is 15.5 Å². The van der Waals surface area contributed by atoms with E-state index in [9.17, 15) is 13.2 Å². The third-order valence-corrected chi connectivity index (χ3v) is 5.23. The smallest absolute Gasteiger partial charge is 0.269 e. The molecule has 0 radical (unpaired) electrons. The first-order valence-electron chi connectivity index (χ1n) is 6.66. The van der Waals surface area contributed by atoms with Crippen molar-refractivity contribution in [1.29, 1.82) is 0 Å². The first kappa shape index (κ1) is 13.8. The Morgan fingerprint density at radius 1 is 1.29 bits per heavy atom. The topological polar surface area (TPSA) is 91.9 Å². The summed E-state index contributed by atoms with van der Waals surface area (Å²) < 4.78 is 22.8. The van der Waals surface area contributed by atoms with Gasteiger partial charge in [-0.25, -0.2) is 8.42 Å². The molecule has 2 aromatic rings. The second kappa shape index (κ2) is 5.33. The van der Waals surface area contributed by atoms with Crippen LogP contribution in [0.3, 0.4) is 0 Å². The maximum atomic E-state index is 12.1. The van der Waals surface area contributed by atoms with Gasteiger partial charge in [0.25, 0.3) is 5.91 Å². The van der Waals surface area contributed by atoms with Gasteiger partial charge in [-0.2, -0.15) is 5.10 Å². The van der Waals surface area contributed by atoms with E-state index in [-0.39, 0.29) is 23.5 Å². The molecule has 0 aliphatic carbocycles. The van der Waals surface area contributed by atoms with Gasteiger partial charge in [0, 0.05) is 11.6 Å². The zero-order chi connectivity index (χ0) is 14.9. The van der Waals surface area contributed by atoms with E-state index in [0.717, 1.165) is 5.56 Å². The number of H-pyrrole nitrogens is 1. The normalized spacial score (nSPS) is 20.3. The minimum Gasteiger partial charge on any atom is -0.347 e. The molecule has 1 saturated heterocycles. The fourth-order valence-electron chi connectivity index (χ4n) is 2.37. The molecule has 0 saturated carbocycles. The van der Waals surface area contributed by atoms with E-state index in [1.54, 1.807) is 6.07 Å². The van der Waals surface area contributed by atoms with Crippen molar-refractivity contribution in [2.45, 2.75) is 12.5 Å². The number of amides is 1. The number of hydrogen-bond acceptors (Lipinski definition) is 4. The number of carbonyl (C=O) groups is 1. The lowest BCUT2D eigenvalue weighted by molar-refractivity contribution is 0.0936. The van der Waals surface area contributed by atoms with Crippen LogP contribution in [0.1, 0.15) is 16.9 Å².